The van der Waals surface area contributed by atoms with Crippen molar-refractivity contribution in [2.75, 3.05) is 6.61 Å². The fraction of sp³-hybridized carbons (Fsp3) is 0.900. The lowest BCUT2D eigenvalue weighted by Crippen LogP contribution is -2.34. The van der Waals surface area contributed by atoms with Crippen molar-refractivity contribution < 1.29 is 14.6 Å². The van der Waals surface area contributed by atoms with Crippen LogP contribution in [0.3, 0.4) is 0 Å². The van der Waals surface area contributed by atoms with Crippen molar-refractivity contribution in [3.63, 3.8) is 0 Å². The van der Waals surface area contributed by atoms with E-state index < -0.39 is 12.1 Å². The molecule has 0 unspecified atom stereocenters. The zero-order chi connectivity index (χ0) is 11.1. The second-order valence-corrected chi connectivity index (χ2v) is 4.04. The van der Waals surface area contributed by atoms with Crippen molar-refractivity contribution in [2.45, 2.75) is 45.8 Å². The first-order valence-electron chi connectivity index (χ1n) is 5.03. The lowest BCUT2D eigenvalue weighted by atomic mass is 10.1. The van der Waals surface area contributed by atoms with Gasteiger partial charge in [-0.2, -0.15) is 0 Å². The lowest BCUT2D eigenvalue weighted by molar-refractivity contribution is -0.146. The Bertz CT molecular complexity index is 169. The van der Waals surface area contributed by atoms with Gasteiger partial charge < -0.3 is 15.6 Å². The van der Waals surface area contributed by atoms with Gasteiger partial charge in [0.1, 0.15) is 6.04 Å². The number of esters is 1. The molecule has 0 amide bonds. The van der Waals surface area contributed by atoms with Crippen molar-refractivity contribution in [2.24, 2.45) is 11.7 Å². The Morgan fingerprint density at radius 2 is 2.00 bits per heavy atom. The van der Waals surface area contributed by atoms with Crippen LogP contribution in [0, 0.1) is 5.92 Å². The van der Waals surface area contributed by atoms with Crippen molar-refractivity contribution in [1.82, 2.24) is 0 Å². The van der Waals surface area contributed by atoms with Gasteiger partial charge in [-0.15, -0.1) is 0 Å². The Balaban J connectivity index is 3.62. The van der Waals surface area contributed by atoms with Gasteiger partial charge in [-0.1, -0.05) is 13.8 Å². The first-order valence-corrected chi connectivity index (χ1v) is 5.03. The van der Waals surface area contributed by atoms with Crippen molar-refractivity contribution in [3.8, 4) is 0 Å². The van der Waals surface area contributed by atoms with E-state index in [9.17, 15) is 4.79 Å². The third-order valence-corrected chi connectivity index (χ3v) is 1.81. The van der Waals surface area contributed by atoms with Gasteiger partial charge in [0.05, 0.1) is 12.7 Å². The summed E-state index contributed by atoms with van der Waals surface area (Å²) in [5.74, 6) is 0.00802. The summed E-state index contributed by atoms with van der Waals surface area (Å²) in [6.07, 6.45) is 0.650. The summed E-state index contributed by atoms with van der Waals surface area (Å²) < 4.78 is 4.89. The molecule has 0 bridgehead atoms. The summed E-state index contributed by atoms with van der Waals surface area (Å²) >= 11 is 0. The van der Waals surface area contributed by atoms with Crippen LogP contribution >= 0.6 is 0 Å². The predicted molar refractivity (Wildman–Crippen MR) is 54.7 cm³/mol. The maximum Gasteiger partial charge on any atom is 0.322 e. The molecule has 0 aliphatic carbocycles. The quantitative estimate of drug-likeness (QED) is 0.622. The summed E-state index contributed by atoms with van der Waals surface area (Å²) in [5.41, 5.74) is 5.60. The number of aliphatic hydroxyl groups excluding tert-OH is 1. The highest BCUT2D eigenvalue weighted by molar-refractivity contribution is 5.75. The summed E-state index contributed by atoms with van der Waals surface area (Å²) in [5, 5.41) is 8.93. The van der Waals surface area contributed by atoms with Crippen LogP contribution in [-0.4, -0.2) is 29.8 Å². The molecule has 0 aromatic carbocycles. The first-order chi connectivity index (χ1) is 6.43. The fourth-order valence-electron chi connectivity index (χ4n) is 1.04. The molecule has 0 radical (unpaired) electrons. The third-order valence-electron chi connectivity index (χ3n) is 1.81. The van der Waals surface area contributed by atoms with Gasteiger partial charge in [-0.3, -0.25) is 4.79 Å². The van der Waals surface area contributed by atoms with Crippen LogP contribution in [0.15, 0.2) is 0 Å². The summed E-state index contributed by atoms with van der Waals surface area (Å²) in [7, 11) is 0. The van der Waals surface area contributed by atoms with Crippen LogP contribution in [0.2, 0.25) is 0 Å². The molecule has 4 heteroatoms. The number of rotatable bonds is 6. The summed E-state index contributed by atoms with van der Waals surface area (Å²) in [4.78, 5) is 11.2. The molecule has 0 aromatic heterocycles. The number of carbonyl (C=O) groups excluding carboxylic acids is 1. The molecular formula is C10H21NO3. The maximum atomic E-state index is 11.2. The number of carbonyl (C=O) groups is 1. The normalized spacial score (nSPS) is 15.3. The molecule has 3 N–H and O–H groups in total. The van der Waals surface area contributed by atoms with E-state index in [-0.39, 0.29) is 12.6 Å². The molecule has 0 saturated heterocycles. The Morgan fingerprint density at radius 3 is 2.43 bits per heavy atom. The van der Waals surface area contributed by atoms with Crippen LogP contribution in [0.25, 0.3) is 0 Å². The van der Waals surface area contributed by atoms with Gasteiger partial charge >= 0.3 is 5.97 Å². The molecule has 0 aliphatic rings. The lowest BCUT2D eigenvalue weighted by Gasteiger charge is -2.13. The zero-order valence-corrected chi connectivity index (χ0v) is 9.19. The molecule has 14 heavy (non-hydrogen) atoms. The van der Waals surface area contributed by atoms with E-state index >= 15 is 0 Å². The smallest absolute Gasteiger partial charge is 0.322 e. The number of hydrogen-bond donors (Lipinski definition) is 2. The minimum atomic E-state index is -0.538. The predicted octanol–water partition coefficient (Wildman–Crippen LogP) is 0.674. The Morgan fingerprint density at radius 1 is 1.43 bits per heavy atom. The van der Waals surface area contributed by atoms with E-state index in [1.807, 2.05) is 13.8 Å². The molecule has 2 atom stereocenters. The Hall–Kier alpha value is -0.610. The van der Waals surface area contributed by atoms with Crippen LogP contribution in [0.5, 0.6) is 0 Å². The monoisotopic (exact) mass is 203 g/mol. The second kappa shape index (κ2) is 6.79. The highest BCUT2D eigenvalue weighted by Gasteiger charge is 2.16. The summed E-state index contributed by atoms with van der Waals surface area (Å²) in [6.45, 7) is 5.90. The van der Waals surface area contributed by atoms with E-state index in [1.54, 1.807) is 6.92 Å². The van der Waals surface area contributed by atoms with E-state index in [2.05, 4.69) is 0 Å². The average molecular weight is 203 g/mol. The first kappa shape index (κ1) is 13.4. The molecule has 0 aliphatic heterocycles. The van der Waals surface area contributed by atoms with E-state index in [4.69, 9.17) is 15.6 Å². The molecule has 0 saturated carbocycles. The number of ether oxygens (including phenoxy) is 1. The number of hydrogen-bond acceptors (Lipinski definition) is 4. The van der Waals surface area contributed by atoms with E-state index in [0.717, 1.165) is 0 Å². The molecule has 0 heterocycles. The number of nitrogens with two attached hydrogens (primary N) is 1. The van der Waals surface area contributed by atoms with Crippen LogP contribution in [0.4, 0.5) is 0 Å². The maximum absolute atomic E-state index is 11.2. The van der Waals surface area contributed by atoms with Gasteiger partial charge in [-0.25, -0.2) is 0 Å². The fourth-order valence-corrected chi connectivity index (χ4v) is 1.04. The highest BCUT2D eigenvalue weighted by Crippen LogP contribution is 2.04. The van der Waals surface area contributed by atoms with Crippen molar-refractivity contribution in [3.05, 3.63) is 0 Å². The Kier molecular flexibility index (Phi) is 6.49. The topological polar surface area (TPSA) is 72.6 Å². The molecule has 0 rings (SSSR count). The SMILES string of the molecule is CC(C)C[C@@H](N)C(=O)OCC[C@@H](C)O. The number of aliphatic hydroxyl groups is 1. The minimum Gasteiger partial charge on any atom is -0.464 e. The van der Waals surface area contributed by atoms with Crippen LogP contribution < -0.4 is 5.73 Å². The molecule has 84 valence electrons. The highest BCUT2D eigenvalue weighted by atomic mass is 16.5. The van der Waals surface area contributed by atoms with Gasteiger partial charge in [0.2, 0.25) is 0 Å². The zero-order valence-electron chi connectivity index (χ0n) is 9.19. The minimum absolute atomic E-state index is 0.238. The molecule has 0 fully saturated rings. The van der Waals surface area contributed by atoms with Crippen LogP contribution in [-0.2, 0) is 9.53 Å². The summed E-state index contributed by atoms with van der Waals surface area (Å²) in [6, 6.07) is -0.538. The van der Waals surface area contributed by atoms with Gasteiger partial charge in [0.25, 0.3) is 0 Å². The molecule has 4 nitrogen and oxygen atoms in total. The average Bonchev–Trinajstić information content (AvgIpc) is 2.01. The van der Waals surface area contributed by atoms with Crippen molar-refractivity contribution in [1.29, 1.82) is 0 Å². The largest absolute Gasteiger partial charge is 0.464 e. The van der Waals surface area contributed by atoms with E-state index in [1.165, 1.54) is 0 Å². The second-order valence-electron chi connectivity index (χ2n) is 4.04. The molecule has 0 aromatic rings. The van der Waals surface area contributed by atoms with Crippen LogP contribution in [0.1, 0.15) is 33.6 Å². The standard InChI is InChI=1S/C10H21NO3/c1-7(2)6-9(11)10(13)14-5-4-8(3)12/h7-9,12H,4-6,11H2,1-3H3/t8-,9-/m1/s1. The van der Waals surface area contributed by atoms with Crippen molar-refractivity contribution >= 4 is 5.97 Å². The molecular weight excluding hydrogens is 182 g/mol. The van der Waals surface area contributed by atoms with Gasteiger partial charge in [-0.05, 0) is 19.3 Å². The van der Waals surface area contributed by atoms with E-state index in [0.29, 0.717) is 18.8 Å². The Labute approximate surface area is 85.4 Å². The van der Waals surface area contributed by atoms with Gasteiger partial charge in [0.15, 0.2) is 0 Å². The van der Waals surface area contributed by atoms with Gasteiger partial charge in [0, 0.05) is 6.42 Å². The molecule has 0 spiro atoms. The third kappa shape index (κ3) is 6.86.